The summed E-state index contributed by atoms with van der Waals surface area (Å²) in [6.07, 6.45) is 5.49. The van der Waals surface area contributed by atoms with Gasteiger partial charge >= 0.3 is 5.97 Å². The maximum Gasteiger partial charge on any atom is 0.338 e. The van der Waals surface area contributed by atoms with E-state index < -0.39 is 12.0 Å². The minimum Gasteiger partial charge on any atom is -0.459 e. The first-order valence-electron chi connectivity index (χ1n) is 14.0. The summed E-state index contributed by atoms with van der Waals surface area (Å²) >= 11 is 6.45. The molecule has 0 amide bonds. The van der Waals surface area contributed by atoms with Crippen LogP contribution in [-0.2, 0) is 9.53 Å². The van der Waals surface area contributed by atoms with Crippen LogP contribution in [0.4, 0.5) is 0 Å². The van der Waals surface area contributed by atoms with E-state index in [2.05, 4.69) is 15.9 Å². The van der Waals surface area contributed by atoms with Gasteiger partial charge in [0.2, 0.25) is 0 Å². The molecule has 0 bridgehead atoms. The standard InChI is InChI=1S/C34H29BrN4O3S2/c1-20(2)42-33(41)29-21(3)36-34-39(31(29)23-12-16-27(43-4)17-13-23)32(40)28(44-34)18-24-19-38(26-8-6-5-7-9-26)37-30(24)22-10-14-25(35)15-11-22/h5-20,31H,1-4H3. The lowest BCUT2D eigenvalue weighted by atomic mass is 9.96. The Kier molecular flexibility index (Phi) is 8.57. The van der Waals surface area contributed by atoms with E-state index in [1.165, 1.54) is 11.3 Å². The van der Waals surface area contributed by atoms with Crippen LogP contribution in [-0.4, -0.2) is 32.7 Å². The zero-order valence-electron chi connectivity index (χ0n) is 24.5. The van der Waals surface area contributed by atoms with Crippen molar-refractivity contribution in [3.8, 4) is 16.9 Å². The first-order valence-corrected chi connectivity index (χ1v) is 16.9. The lowest BCUT2D eigenvalue weighted by Crippen LogP contribution is -2.40. The largest absolute Gasteiger partial charge is 0.459 e. The topological polar surface area (TPSA) is 78.5 Å². The Labute approximate surface area is 271 Å². The van der Waals surface area contributed by atoms with E-state index in [4.69, 9.17) is 14.8 Å². The molecule has 0 spiro atoms. The van der Waals surface area contributed by atoms with Gasteiger partial charge in [0.1, 0.15) is 0 Å². The van der Waals surface area contributed by atoms with Crippen molar-refractivity contribution in [2.24, 2.45) is 4.99 Å². The van der Waals surface area contributed by atoms with Crippen LogP contribution in [0.15, 0.2) is 115 Å². The Bertz CT molecular complexity index is 2060. The summed E-state index contributed by atoms with van der Waals surface area (Å²) in [7, 11) is 0. The summed E-state index contributed by atoms with van der Waals surface area (Å²) in [4.78, 5) is 34.0. The number of rotatable bonds is 7. The van der Waals surface area contributed by atoms with Crippen molar-refractivity contribution in [3.63, 3.8) is 0 Å². The molecule has 0 saturated carbocycles. The number of nitrogens with zero attached hydrogens (tertiary/aromatic N) is 4. The number of carbonyl (C=O) groups is 1. The number of aromatic nitrogens is 3. The van der Waals surface area contributed by atoms with Crippen LogP contribution in [0.25, 0.3) is 23.0 Å². The number of benzene rings is 3. The van der Waals surface area contributed by atoms with Gasteiger partial charge in [0.15, 0.2) is 4.80 Å². The van der Waals surface area contributed by atoms with Crippen molar-refractivity contribution in [1.29, 1.82) is 0 Å². The molecular weight excluding hydrogens is 656 g/mol. The lowest BCUT2D eigenvalue weighted by molar-refractivity contribution is -0.143. The van der Waals surface area contributed by atoms with Gasteiger partial charge in [0, 0.05) is 26.7 Å². The predicted molar refractivity (Wildman–Crippen MR) is 180 cm³/mol. The molecule has 2 aromatic heterocycles. The number of thiazole rings is 1. The molecule has 1 unspecified atom stereocenters. The van der Waals surface area contributed by atoms with Gasteiger partial charge < -0.3 is 4.74 Å². The molecule has 1 aliphatic rings. The third-order valence-electron chi connectivity index (χ3n) is 7.18. The molecule has 10 heteroatoms. The zero-order chi connectivity index (χ0) is 31.0. The van der Waals surface area contributed by atoms with Crippen LogP contribution >= 0.6 is 39.0 Å². The molecule has 1 aliphatic heterocycles. The molecule has 6 rings (SSSR count). The number of para-hydroxylation sites is 1. The van der Waals surface area contributed by atoms with Gasteiger partial charge in [-0.25, -0.2) is 14.5 Å². The van der Waals surface area contributed by atoms with Crippen LogP contribution in [0.3, 0.4) is 0 Å². The second-order valence-corrected chi connectivity index (χ2v) is 13.3. The Balaban J connectivity index is 1.55. The Morgan fingerprint density at radius 2 is 1.75 bits per heavy atom. The number of esters is 1. The molecule has 0 fully saturated rings. The van der Waals surface area contributed by atoms with Crippen molar-refractivity contribution >= 4 is 51.1 Å². The summed E-state index contributed by atoms with van der Waals surface area (Å²) < 4.78 is 10.5. The van der Waals surface area contributed by atoms with Crippen LogP contribution in [0, 0.1) is 0 Å². The normalized spacial score (nSPS) is 15.0. The number of carbonyl (C=O) groups excluding carboxylic acids is 1. The molecule has 3 aromatic carbocycles. The Morgan fingerprint density at radius 1 is 1.05 bits per heavy atom. The van der Waals surface area contributed by atoms with E-state index in [-0.39, 0.29) is 11.7 Å². The molecule has 0 saturated heterocycles. The molecular formula is C34H29BrN4O3S2. The molecule has 7 nitrogen and oxygen atoms in total. The van der Waals surface area contributed by atoms with Gasteiger partial charge in [0.25, 0.3) is 5.56 Å². The highest BCUT2D eigenvalue weighted by Gasteiger charge is 2.34. The van der Waals surface area contributed by atoms with E-state index in [1.54, 1.807) is 23.3 Å². The van der Waals surface area contributed by atoms with E-state index in [0.29, 0.717) is 20.6 Å². The van der Waals surface area contributed by atoms with Crippen molar-refractivity contribution in [2.45, 2.75) is 37.8 Å². The molecule has 3 heterocycles. The van der Waals surface area contributed by atoms with Gasteiger partial charge in [-0.2, -0.15) is 5.10 Å². The van der Waals surface area contributed by atoms with Crippen LogP contribution in [0.2, 0.25) is 0 Å². The molecule has 0 radical (unpaired) electrons. The second kappa shape index (κ2) is 12.6. The fraction of sp³-hybridized carbons (Fsp3) is 0.176. The van der Waals surface area contributed by atoms with Crippen molar-refractivity contribution in [1.82, 2.24) is 14.3 Å². The van der Waals surface area contributed by atoms with Crippen molar-refractivity contribution in [2.75, 3.05) is 6.26 Å². The number of halogens is 1. The Hall–Kier alpha value is -3.99. The predicted octanol–water partition coefficient (Wildman–Crippen LogP) is 6.52. The Morgan fingerprint density at radius 3 is 2.41 bits per heavy atom. The quantitative estimate of drug-likeness (QED) is 0.144. The minimum atomic E-state index is -0.673. The molecule has 0 aliphatic carbocycles. The number of ether oxygens (including phenoxy) is 1. The highest BCUT2D eigenvalue weighted by atomic mass is 79.9. The van der Waals surface area contributed by atoms with Crippen LogP contribution in [0.5, 0.6) is 0 Å². The summed E-state index contributed by atoms with van der Waals surface area (Å²) in [6, 6.07) is 25.0. The summed E-state index contributed by atoms with van der Waals surface area (Å²) in [5, 5.41) is 4.91. The summed E-state index contributed by atoms with van der Waals surface area (Å²) in [6.45, 7) is 5.42. The van der Waals surface area contributed by atoms with Gasteiger partial charge in [-0.3, -0.25) is 9.36 Å². The van der Waals surface area contributed by atoms with E-state index in [0.717, 1.165) is 37.4 Å². The lowest BCUT2D eigenvalue weighted by Gasteiger charge is -2.25. The fourth-order valence-corrected chi connectivity index (χ4v) is 6.85. The van der Waals surface area contributed by atoms with E-state index in [1.807, 2.05) is 116 Å². The monoisotopic (exact) mass is 684 g/mol. The van der Waals surface area contributed by atoms with Crippen LogP contribution < -0.4 is 14.9 Å². The molecule has 44 heavy (non-hydrogen) atoms. The number of fused-ring (bicyclic) bond motifs is 1. The highest BCUT2D eigenvalue weighted by molar-refractivity contribution is 9.10. The maximum absolute atomic E-state index is 14.3. The number of hydrogen-bond acceptors (Lipinski definition) is 7. The van der Waals surface area contributed by atoms with E-state index in [9.17, 15) is 9.59 Å². The fourth-order valence-electron chi connectivity index (χ4n) is 5.14. The number of thioether (sulfide) groups is 1. The molecule has 5 aromatic rings. The van der Waals surface area contributed by atoms with Crippen LogP contribution in [0.1, 0.15) is 37.9 Å². The zero-order valence-corrected chi connectivity index (χ0v) is 27.7. The molecule has 222 valence electrons. The number of hydrogen-bond donors (Lipinski definition) is 0. The highest BCUT2D eigenvalue weighted by Crippen LogP contribution is 2.32. The van der Waals surface area contributed by atoms with Crippen molar-refractivity contribution < 1.29 is 9.53 Å². The molecule has 1 atom stereocenters. The van der Waals surface area contributed by atoms with Crippen molar-refractivity contribution in [3.05, 3.63) is 132 Å². The second-order valence-electron chi connectivity index (χ2n) is 10.5. The average Bonchev–Trinajstić information content (AvgIpc) is 3.57. The van der Waals surface area contributed by atoms with E-state index >= 15 is 0 Å². The smallest absolute Gasteiger partial charge is 0.338 e. The maximum atomic E-state index is 14.3. The minimum absolute atomic E-state index is 0.232. The SMILES string of the molecule is CSc1ccc(C2C(C(=O)OC(C)C)=C(C)N=c3sc(=Cc4cn(-c5ccccc5)nc4-c4ccc(Br)cc4)c(=O)n32)cc1. The summed E-state index contributed by atoms with van der Waals surface area (Å²) in [5.41, 5.74) is 4.84. The third-order valence-corrected chi connectivity index (χ3v) is 9.44. The van der Waals surface area contributed by atoms with Gasteiger partial charge in [-0.05, 0) is 75.1 Å². The van der Waals surface area contributed by atoms with Gasteiger partial charge in [-0.1, -0.05) is 69.7 Å². The van der Waals surface area contributed by atoms with Gasteiger partial charge in [0.05, 0.1) is 39.3 Å². The van der Waals surface area contributed by atoms with Gasteiger partial charge in [-0.15, -0.1) is 11.8 Å². The summed E-state index contributed by atoms with van der Waals surface area (Å²) in [5.74, 6) is -0.476. The first kappa shape index (κ1) is 30.1. The number of allylic oxidation sites excluding steroid dienone is 1. The first-order chi connectivity index (χ1) is 21.2. The molecule has 0 N–H and O–H groups in total. The third kappa shape index (κ3) is 5.89. The average molecular weight is 686 g/mol.